The smallest absolute Gasteiger partial charge is 0.150 e. The molecule has 4 heteroatoms. The third-order valence-electron chi connectivity index (χ3n) is 3.44. The Hall–Kier alpha value is -1.03. The predicted octanol–water partition coefficient (Wildman–Crippen LogP) is 0.984. The third kappa shape index (κ3) is 2.00. The van der Waals surface area contributed by atoms with Gasteiger partial charge in [-0.3, -0.25) is 4.68 Å². The number of aryl methyl sites for hydroxylation is 1. The Balaban J connectivity index is 2.14. The number of hydrogen-bond acceptors (Lipinski definition) is 3. The van der Waals surface area contributed by atoms with Gasteiger partial charge in [-0.2, -0.15) is 5.10 Å². The maximum atomic E-state index is 5.79. The van der Waals surface area contributed by atoms with Crippen LogP contribution >= 0.6 is 0 Å². The first-order valence-corrected chi connectivity index (χ1v) is 5.68. The van der Waals surface area contributed by atoms with Crippen molar-refractivity contribution in [1.82, 2.24) is 9.78 Å². The molecule has 0 aromatic carbocycles. The van der Waals surface area contributed by atoms with E-state index in [4.69, 9.17) is 5.73 Å². The van der Waals surface area contributed by atoms with Crippen molar-refractivity contribution in [2.24, 2.45) is 18.7 Å². The van der Waals surface area contributed by atoms with Crippen molar-refractivity contribution >= 4 is 5.82 Å². The van der Waals surface area contributed by atoms with Gasteiger partial charge in [0, 0.05) is 31.9 Å². The van der Waals surface area contributed by atoms with E-state index in [1.807, 2.05) is 17.9 Å². The van der Waals surface area contributed by atoms with Gasteiger partial charge in [0.2, 0.25) is 0 Å². The lowest BCUT2D eigenvalue weighted by Gasteiger charge is -2.39. The lowest BCUT2D eigenvalue weighted by molar-refractivity contribution is 0.343. The molecule has 15 heavy (non-hydrogen) atoms. The summed E-state index contributed by atoms with van der Waals surface area (Å²) in [5.41, 5.74) is 5.79. The van der Waals surface area contributed by atoms with Crippen LogP contribution in [0.1, 0.15) is 19.8 Å². The molecule has 84 valence electrons. The van der Waals surface area contributed by atoms with Crippen molar-refractivity contribution in [1.29, 1.82) is 0 Å². The first-order chi connectivity index (χ1) is 7.22. The average Bonchev–Trinajstić information content (AvgIpc) is 2.65. The van der Waals surface area contributed by atoms with Crippen LogP contribution in [-0.2, 0) is 7.05 Å². The molecule has 4 nitrogen and oxygen atoms in total. The van der Waals surface area contributed by atoms with E-state index >= 15 is 0 Å². The van der Waals surface area contributed by atoms with Gasteiger partial charge in [-0.25, -0.2) is 0 Å². The maximum absolute atomic E-state index is 5.79. The van der Waals surface area contributed by atoms with Crippen LogP contribution in [0, 0.1) is 5.92 Å². The molecule has 1 fully saturated rings. The van der Waals surface area contributed by atoms with Crippen LogP contribution in [0.15, 0.2) is 12.3 Å². The molecule has 0 spiro atoms. The zero-order chi connectivity index (χ0) is 10.8. The van der Waals surface area contributed by atoms with Gasteiger partial charge in [-0.05, 0) is 32.2 Å². The summed E-state index contributed by atoms with van der Waals surface area (Å²) in [5, 5.41) is 4.46. The molecule has 0 saturated carbocycles. The average molecular weight is 208 g/mol. The Bertz CT molecular complexity index is 320. The van der Waals surface area contributed by atoms with Gasteiger partial charge in [0.1, 0.15) is 0 Å². The molecular weight excluding hydrogens is 188 g/mol. The van der Waals surface area contributed by atoms with Crippen LogP contribution in [0.3, 0.4) is 0 Å². The molecule has 1 aromatic rings. The molecule has 1 saturated heterocycles. The van der Waals surface area contributed by atoms with E-state index in [0.29, 0.717) is 12.0 Å². The summed E-state index contributed by atoms with van der Waals surface area (Å²) in [6, 6.07) is 2.59. The Morgan fingerprint density at radius 2 is 2.40 bits per heavy atom. The minimum absolute atomic E-state index is 0.513. The van der Waals surface area contributed by atoms with Gasteiger partial charge in [0.15, 0.2) is 5.82 Å². The van der Waals surface area contributed by atoms with Crippen molar-refractivity contribution in [3.05, 3.63) is 12.3 Å². The Morgan fingerprint density at radius 3 is 3.00 bits per heavy atom. The van der Waals surface area contributed by atoms with E-state index in [1.54, 1.807) is 0 Å². The summed E-state index contributed by atoms with van der Waals surface area (Å²) in [7, 11) is 1.96. The number of nitrogens with two attached hydrogens (primary N) is 1. The second-order valence-corrected chi connectivity index (χ2v) is 4.42. The summed E-state index contributed by atoms with van der Waals surface area (Å²) in [6.07, 6.45) is 4.47. The highest BCUT2D eigenvalue weighted by molar-refractivity contribution is 5.39. The van der Waals surface area contributed by atoms with Gasteiger partial charge in [0.05, 0.1) is 0 Å². The van der Waals surface area contributed by atoms with E-state index in [-0.39, 0.29) is 0 Å². The van der Waals surface area contributed by atoms with Gasteiger partial charge in [-0.1, -0.05) is 0 Å². The minimum atomic E-state index is 0.513. The van der Waals surface area contributed by atoms with Gasteiger partial charge >= 0.3 is 0 Å². The second kappa shape index (κ2) is 4.23. The number of anilines is 1. The summed E-state index contributed by atoms with van der Waals surface area (Å²) in [5.74, 6) is 1.70. The summed E-state index contributed by atoms with van der Waals surface area (Å²) in [4.78, 5) is 2.38. The molecule has 1 aliphatic rings. The highest BCUT2D eigenvalue weighted by Gasteiger charge is 2.27. The van der Waals surface area contributed by atoms with E-state index in [0.717, 1.165) is 18.9 Å². The molecule has 0 aliphatic carbocycles. The molecule has 0 unspecified atom stereocenters. The molecule has 2 heterocycles. The molecule has 2 rings (SSSR count). The monoisotopic (exact) mass is 208 g/mol. The van der Waals surface area contributed by atoms with Crippen LogP contribution < -0.4 is 10.6 Å². The van der Waals surface area contributed by atoms with Crippen LogP contribution in [0.5, 0.6) is 0 Å². The molecule has 2 N–H and O–H groups in total. The molecule has 2 atom stereocenters. The van der Waals surface area contributed by atoms with Crippen LogP contribution in [0.2, 0.25) is 0 Å². The number of aromatic nitrogens is 2. The van der Waals surface area contributed by atoms with Crippen molar-refractivity contribution < 1.29 is 0 Å². The quantitative estimate of drug-likeness (QED) is 0.788. The number of rotatable bonds is 2. The number of piperidine rings is 1. The van der Waals surface area contributed by atoms with Crippen LogP contribution in [-0.4, -0.2) is 28.9 Å². The first-order valence-electron chi connectivity index (χ1n) is 5.68. The van der Waals surface area contributed by atoms with Crippen LogP contribution in [0.4, 0.5) is 5.82 Å². The van der Waals surface area contributed by atoms with E-state index in [9.17, 15) is 0 Å². The summed E-state index contributed by atoms with van der Waals surface area (Å²) < 4.78 is 1.86. The predicted molar refractivity (Wildman–Crippen MR) is 61.8 cm³/mol. The highest BCUT2D eigenvalue weighted by atomic mass is 15.3. The fourth-order valence-electron chi connectivity index (χ4n) is 2.42. The van der Waals surface area contributed by atoms with E-state index in [1.165, 1.54) is 12.8 Å². The molecule has 1 aliphatic heterocycles. The van der Waals surface area contributed by atoms with Gasteiger partial charge in [0.25, 0.3) is 0 Å². The normalized spacial score (nSPS) is 27.0. The Kier molecular flexibility index (Phi) is 2.95. The Morgan fingerprint density at radius 1 is 1.60 bits per heavy atom. The molecule has 0 amide bonds. The molecule has 1 aromatic heterocycles. The third-order valence-corrected chi connectivity index (χ3v) is 3.44. The number of hydrogen-bond donors (Lipinski definition) is 1. The summed E-state index contributed by atoms with van der Waals surface area (Å²) in [6.45, 7) is 4.14. The zero-order valence-electron chi connectivity index (χ0n) is 9.56. The summed E-state index contributed by atoms with van der Waals surface area (Å²) >= 11 is 0. The molecule has 0 bridgehead atoms. The molecular formula is C11H20N4. The van der Waals surface area contributed by atoms with Crippen LogP contribution in [0.25, 0.3) is 0 Å². The van der Waals surface area contributed by atoms with Crippen molar-refractivity contribution in [2.45, 2.75) is 25.8 Å². The topological polar surface area (TPSA) is 47.1 Å². The van der Waals surface area contributed by atoms with Crippen molar-refractivity contribution in [3.8, 4) is 0 Å². The van der Waals surface area contributed by atoms with Gasteiger partial charge < -0.3 is 10.6 Å². The van der Waals surface area contributed by atoms with Gasteiger partial charge in [-0.15, -0.1) is 0 Å². The van der Waals surface area contributed by atoms with E-state index < -0.39 is 0 Å². The Labute approximate surface area is 91.1 Å². The largest absolute Gasteiger partial charge is 0.352 e. The highest BCUT2D eigenvalue weighted by Crippen LogP contribution is 2.26. The maximum Gasteiger partial charge on any atom is 0.150 e. The standard InChI is InChI=1S/C11H20N4/c1-9-10(8-12)4-3-6-15(9)11-5-7-14(2)13-11/h5,7,9-10H,3-4,6,8,12H2,1-2H3/t9-,10-/m1/s1. The van der Waals surface area contributed by atoms with Crippen molar-refractivity contribution in [2.75, 3.05) is 18.0 Å². The fourth-order valence-corrected chi connectivity index (χ4v) is 2.42. The van der Waals surface area contributed by atoms with Crippen molar-refractivity contribution in [3.63, 3.8) is 0 Å². The minimum Gasteiger partial charge on any atom is -0.352 e. The first kappa shape index (κ1) is 10.5. The number of nitrogens with zero attached hydrogens (tertiary/aromatic N) is 3. The lowest BCUT2D eigenvalue weighted by Crippen LogP contribution is -2.46. The zero-order valence-corrected chi connectivity index (χ0v) is 9.56. The lowest BCUT2D eigenvalue weighted by atomic mass is 9.90. The van der Waals surface area contributed by atoms with E-state index in [2.05, 4.69) is 23.0 Å². The SMILES string of the molecule is C[C@@H]1[C@@H](CN)CCCN1c1ccn(C)n1. The molecule has 0 radical (unpaired) electrons. The fraction of sp³-hybridized carbons (Fsp3) is 0.727. The second-order valence-electron chi connectivity index (χ2n) is 4.42.